The van der Waals surface area contributed by atoms with Gasteiger partial charge in [-0.05, 0) is 19.3 Å². The van der Waals surface area contributed by atoms with Crippen molar-refractivity contribution in [2.75, 3.05) is 54.0 Å². The Morgan fingerprint density at radius 3 is 2.11 bits per heavy atom. The number of piperidine rings is 1. The molecule has 0 radical (unpaired) electrons. The summed E-state index contributed by atoms with van der Waals surface area (Å²) in [4.78, 5) is 25.0. The van der Waals surface area contributed by atoms with Crippen LogP contribution in [0.5, 0.6) is 0 Å². The maximum atomic E-state index is 4.54. The van der Waals surface area contributed by atoms with E-state index in [1.807, 2.05) is 13.2 Å². The maximum absolute atomic E-state index is 4.54. The van der Waals surface area contributed by atoms with Crippen molar-refractivity contribution in [3.8, 4) is 0 Å². The lowest BCUT2D eigenvalue weighted by Gasteiger charge is -2.36. The van der Waals surface area contributed by atoms with Gasteiger partial charge in [0.2, 0.25) is 0 Å². The van der Waals surface area contributed by atoms with Gasteiger partial charge in [-0.2, -0.15) is 5.10 Å². The Hall–Kier alpha value is -2.97. The first-order valence-corrected chi connectivity index (χ1v) is 9.99. The molecule has 0 aromatic carbocycles. The van der Waals surface area contributed by atoms with Crippen LogP contribution in [0, 0.1) is 0 Å². The molecule has 0 unspecified atom stereocenters. The zero-order valence-corrected chi connectivity index (χ0v) is 16.2. The molecule has 0 aliphatic carbocycles. The van der Waals surface area contributed by atoms with Crippen LogP contribution in [-0.2, 0) is 7.05 Å². The fourth-order valence-corrected chi connectivity index (χ4v) is 4.16. The van der Waals surface area contributed by atoms with Crippen LogP contribution in [0.2, 0.25) is 0 Å². The first kappa shape index (κ1) is 17.2. The predicted molar refractivity (Wildman–Crippen MR) is 109 cm³/mol. The van der Waals surface area contributed by atoms with E-state index in [-0.39, 0.29) is 0 Å². The minimum atomic E-state index is 0.870. The molecule has 0 atom stereocenters. The van der Waals surface area contributed by atoms with Crippen LogP contribution in [0.4, 0.5) is 17.5 Å². The normalized spacial score (nSPS) is 18.1. The summed E-state index contributed by atoms with van der Waals surface area (Å²) in [5.41, 5.74) is 0.870. The van der Waals surface area contributed by atoms with Crippen LogP contribution >= 0.6 is 0 Å². The molecule has 0 bridgehead atoms. The predicted octanol–water partition coefficient (Wildman–Crippen LogP) is 1.47. The van der Waals surface area contributed by atoms with E-state index in [2.05, 4.69) is 45.8 Å². The maximum Gasteiger partial charge on any atom is 0.163 e. The summed E-state index contributed by atoms with van der Waals surface area (Å²) in [6.07, 6.45) is 9.01. The summed E-state index contributed by atoms with van der Waals surface area (Å²) in [5, 5.41) is 5.33. The molecule has 146 valence electrons. The molecule has 3 aromatic heterocycles. The lowest BCUT2D eigenvalue weighted by Crippen LogP contribution is -2.47. The van der Waals surface area contributed by atoms with E-state index in [9.17, 15) is 0 Å². The monoisotopic (exact) mass is 379 g/mol. The topological polar surface area (TPSA) is 79.1 Å². The van der Waals surface area contributed by atoms with Crippen molar-refractivity contribution < 1.29 is 0 Å². The zero-order chi connectivity index (χ0) is 18.9. The molecule has 2 saturated heterocycles. The van der Waals surface area contributed by atoms with E-state index in [1.54, 1.807) is 17.3 Å². The van der Waals surface area contributed by atoms with Gasteiger partial charge < -0.3 is 14.7 Å². The van der Waals surface area contributed by atoms with Crippen LogP contribution in [0.3, 0.4) is 0 Å². The largest absolute Gasteiger partial charge is 0.356 e. The molecule has 0 amide bonds. The van der Waals surface area contributed by atoms with Crippen LogP contribution in [0.1, 0.15) is 19.3 Å². The third kappa shape index (κ3) is 3.10. The van der Waals surface area contributed by atoms with Gasteiger partial charge in [-0.15, -0.1) is 0 Å². The molecule has 2 fully saturated rings. The van der Waals surface area contributed by atoms with Crippen molar-refractivity contribution in [3.05, 3.63) is 24.9 Å². The molecule has 9 nitrogen and oxygen atoms in total. The highest BCUT2D eigenvalue weighted by atomic mass is 15.3. The SMILES string of the molecule is Cn1ncc2c(N3CCN(c4cc(N5CCCCC5)ncn4)CC3)ncnc21. The Kier molecular flexibility index (Phi) is 4.42. The van der Waals surface area contributed by atoms with E-state index in [0.29, 0.717) is 0 Å². The summed E-state index contributed by atoms with van der Waals surface area (Å²) in [7, 11) is 1.91. The number of hydrogen-bond acceptors (Lipinski definition) is 8. The molecule has 9 heteroatoms. The Balaban J connectivity index is 1.30. The molecular weight excluding hydrogens is 354 g/mol. The van der Waals surface area contributed by atoms with Gasteiger partial charge in [-0.3, -0.25) is 4.68 Å². The molecule has 28 heavy (non-hydrogen) atoms. The van der Waals surface area contributed by atoms with Gasteiger partial charge in [-0.1, -0.05) is 0 Å². The van der Waals surface area contributed by atoms with Crippen molar-refractivity contribution in [3.63, 3.8) is 0 Å². The average molecular weight is 379 g/mol. The van der Waals surface area contributed by atoms with Gasteiger partial charge in [0, 0.05) is 52.4 Å². The second-order valence-electron chi connectivity index (χ2n) is 7.46. The van der Waals surface area contributed by atoms with Crippen LogP contribution in [0.25, 0.3) is 11.0 Å². The number of aryl methyl sites for hydroxylation is 1. The Morgan fingerprint density at radius 2 is 1.36 bits per heavy atom. The summed E-state index contributed by atoms with van der Waals surface area (Å²) in [5.74, 6) is 3.04. The van der Waals surface area contributed by atoms with Crippen molar-refractivity contribution in [1.82, 2.24) is 29.7 Å². The van der Waals surface area contributed by atoms with E-state index < -0.39 is 0 Å². The highest BCUT2D eigenvalue weighted by molar-refractivity contribution is 5.86. The fourth-order valence-electron chi connectivity index (χ4n) is 4.16. The zero-order valence-electron chi connectivity index (χ0n) is 16.2. The van der Waals surface area contributed by atoms with Crippen molar-refractivity contribution >= 4 is 28.5 Å². The minimum Gasteiger partial charge on any atom is -0.356 e. The lowest BCUT2D eigenvalue weighted by molar-refractivity contribution is 0.572. The average Bonchev–Trinajstić information content (AvgIpc) is 3.16. The standard InChI is InChI=1S/C19H25N9/c1-25-18-15(12-24-25)19(23-14-22-18)28-9-7-27(8-10-28)17-11-16(20-13-21-17)26-5-3-2-4-6-26/h11-14H,2-10H2,1H3. The second kappa shape index (κ2) is 7.21. The molecule has 0 N–H and O–H groups in total. The fraction of sp³-hybridized carbons (Fsp3) is 0.526. The van der Waals surface area contributed by atoms with Crippen molar-refractivity contribution in [2.24, 2.45) is 7.05 Å². The molecule has 3 aromatic rings. The molecule has 0 saturated carbocycles. The van der Waals surface area contributed by atoms with Gasteiger partial charge in [0.1, 0.15) is 30.1 Å². The van der Waals surface area contributed by atoms with Gasteiger partial charge in [-0.25, -0.2) is 19.9 Å². The molecule has 0 spiro atoms. The minimum absolute atomic E-state index is 0.870. The van der Waals surface area contributed by atoms with Crippen LogP contribution < -0.4 is 14.7 Å². The van der Waals surface area contributed by atoms with Gasteiger partial charge in [0.25, 0.3) is 0 Å². The van der Waals surface area contributed by atoms with Gasteiger partial charge >= 0.3 is 0 Å². The first-order valence-electron chi connectivity index (χ1n) is 9.99. The Bertz CT molecular complexity index is 955. The number of aromatic nitrogens is 6. The number of fused-ring (bicyclic) bond motifs is 1. The van der Waals surface area contributed by atoms with E-state index in [4.69, 9.17) is 0 Å². The van der Waals surface area contributed by atoms with E-state index in [0.717, 1.165) is 67.8 Å². The summed E-state index contributed by atoms with van der Waals surface area (Å²) < 4.78 is 1.79. The Morgan fingerprint density at radius 1 is 0.714 bits per heavy atom. The van der Waals surface area contributed by atoms with Gasteiger partial charge in [0.15, 0.2) is 5.65 Å². The highest BCUT2D eigenvalue weighted by Crippen LogP contribution is 2.25. The van der Waals surface area contributed by atoms with E-state index >= 15 is 0 Å². The number of hydrogen-bond donors (Lipinski definition) is 0. The molecule has 2 aliphatic rings. The molecule has 5 rings (SSSR count). The van der Waals surface area contributed by atoms with Crippen LogP contribution in [0.15, 0.2) is 24.9 Å². The first-order chi connectivity index (χ1) is 13.8. The Labute approximate surface area is 164 Å². The molecule has 5 heterocycles. The van der Waals surface area contributed by atoms with Crippen molar-refractivity contribution in [1.29, 1.82) is 0 Å². The number of rotatable bonds is 3. The van der Waals surface area contributed by atoms with Gasteiger partial charge in [0.05, 0.1) is 11.6 Å². The third-order valence-electron chi connectivity index (χ3n) is 5.73. The summed E-state index contributed by atoms with van der Waals surface area (Å²) in [6.45, 7) is 5.79. The summed E-state index contributed by atoms with van der Waals surface area (Å²) in [6, 6.07) is 2.14. The summed E-state index contributed by atoms with van der Waals surface area (Å²) >= 11 is 0. The second-order valence-corrected chi connectivity index (χ2v) is 7.46. The number of anilines is 3. The number of nitrogens with zero attached hydrogens (tertiary/aromatic N) is 9. The van der Waals surface area contributed by atoms with E-state index in [1.165, 1.54) is 19.3 Å². The molecular formula is C19H25N9. The number of piperazine rings is 1. The van der Waals surface area contributed by atoms with Crippen LogP contribution in [-0.4, -0.2) is 69.0 Å². The quantitative estimate of drug-likeness (QED) is 0.677. The van der Waals surface area contributed by atoms with Crippen molar-refractivity contribution in [2.45, 2.75) is 19.3 Å². The smallest absolute Gasteiger partial charge is 0.163 e. The lowest BCUT2D eigenvalue weighted by atomic mass is 10.1. The third-order valence-corrected chi connectivity index (χ3v) is 5.73. The highest BCUT2D eigenvalue weighted by Gasteiger charge is 2.22. The molecule has 2 aliphatic heterocycles.